The molecule has 0 bridgehead atoms. The second-order valence-electron chi connectivity index (χ2n) is 9.17. The maximum absolute atomic E-state index is 13.2. The largest absolute Gasteiger partial charge is 0.480 e. The Balaban J connectivity index is 2.91. The summed E-state index contributed by atoms with van der Waals surface area (Å²) in [5.41, 5.74) is 12.0. The van der Waals surface area contributed by atoms with Gasteiger partial charge >= 0.3 is 5.97 Å². The van der Waals surface area contributed by atoms with Crippen LogP contribution < -0.4 is 27.4 Å². The van der Waals surface area contributed by atoms with Gasteiger partial charge in [-0.3, -0.25) is 14.4 Å². The highest BCUT2D eigenvalue weighted by molar-refractivity contribution is 5.94. The van der Waals surface area contributed by atoms with Crippen molar-refractivity contribution in [2.24, 2.45) is 23.3 Å². The third-order valence-electron chi connectivity index (χ3n) is 5.94. The minimum absolute atomic E-state index is 0.00737. The van der Waals surface area contributed by atoms with Gasteiger partial charge in [0.2, 0.25) is 17.7 Å². The van der Waals surface area contributed by atoms with Crippen molar-refractivity contribution in [2.75, 3.05) is 6.54 Å². The van der Waals surface area contributed by atoms with Crippen molar-refractivity contribution < 1.29 is 24.3 Å². The van der Waals surface area contributed by atoms with E-state index in [-0.39, 0.29) is 18.3 Å². The zero-order valence-electron chi connectivity index (χ0n) is 21.0. The molecule has 5 atom stereocenters. The first kappa shape index (κ1) is 30.0. The Labute approximate surface area is 206 Å². The highest BCUT2D eigenvalue weighted by atomic mass is 16.4. The van der Waals surface area contributed by atoms with E-state index in [1.807, 2.05) is 13.8 Å². The maximum atomic E-state index is 13.2. The number of hydrogen-bond acceptors (Lipinski definition) is 7. The van der Waals surface area contributed by atoms with Gasteiger partial charge in [0.25, 0.3) is 0 Å². The number of aliphatic carboxylic acids is 1. The van der Waals surface area contributed by atoms with E-state index in [1.165, 1.54) is 12.5 Å². The molecule has 0 saturated carbocycles. The standard InChI is InChI=1S/C23H41N7O5/c1-5-14(4)19(30-20(31)16(25)8-6-7-9-24)22(33)29-18(13(2)3)21(32)28-17(23(34)35)10-15-11-26-12-27-15/h11-14,16-19H,5-10,24-25H2,1-4H3,(H,26,27)(H,28,32)(H,29,33)(H,30,31)(H,34,35). The topological polar surface area (TPSA) is 205 Å². The molecule has 9 N–H and O–H groups in total. The van der Waals surface area contributed by atoms with Crippen LogP contribution in [0.1, 0.15) is 59.1 Å². The van der Waals surface area contributed by atoms with Crippen LogP contribution in [0.5, 0.6) is 0 Å². The molecule has 0 aliphatic heterocycles. The third kappa shape index (κ3) is 10.0. The molecule has 5 unspecified atom stereocenters. The van der Waals surface area contributed by atoms with Crippen LogP contribution in [-0.4, -0.2) is 69.5 Å². The van der Waals surface area contributed by atoms with Crippen LogP contribution in [0.2, 0.25) is 0 Å². The summed E-state index contributed by atoms with van der Waals surface area (Å²) in [6, 6.07) is -3.89. The molecule has 198 valence electrons. The number of aromatic amines is 1. The van der Waals surface area contributed by atoms with Gasteiger partial charge in [-0.2, -0.15) is 0 Å². The van der Waals surface area contributed by atoms with Crippen molar-refractivity contribution in [2.45, 2.75) is 84.0 Å². The van der Waals surface area contributed by atoms with Gasteiger partial charge in [-0.05, 0) is 31.2 Å². The molecule has 0 radical (unpaired) electrons. The molecule has 1 rings (SSSR count). The highest BCUT2D eigenvalue weighted by Crippen LogP contribution is 2.12. The number of carboxylic acids is 1. The number of H-pyrrole nitrogens is 1. The first-order valence-electron chi connectivity index (χ1n) is 12.1. The van der Waals surface area contributed by atoms with E-state index in [0.717, 1.165) is 6.42 Å². The number of rotatable bonds is 16. The van der Waals surface area contributed by atoms with Crippen LogP contribution in [-0.2, 0) is 25.6 Å². The van der Waals surface area contributed by atoms with E-state index in [2.05, 4.69) is 25.9 Å². The maximum Gasteiger partial charge on any atom is 0.326 e. The SMILES string of the molecule is CCC(C)C(NC(=O)C(N)CCCCN)C(=O)NC(C(=O)NC(Cc1cnc[nH]1)C(=O)O)C(C)C. The van der Waals surface area contributed by atoms with Crippen LogP contribution in [0.15, 0.2) is 12.5 Å². The predicted molar refractivity (Wildman–Crippen MR) is 131 cm³/mol. The van der Waals surface area contributed by atoms with Crippen LogP contribution in [0, 0.1) is 11.8 Å². The smallest absolute Gasteiger partial charge is 0.326 e. The molecule has 0 spiro atoms. The Morgan fingerprint density at radius 2 is 1.66 bits per heavy atom. The zero-order valence-corrected chi connectivity index (χ0v) is 21.0. The Hall–Kier alpha value is -2.99. The first-order chi connectivity index (χ1) is 16.5. The summed E-state index contributed by atoms with van der Waals surface area (Å²) in [4.78, 5) is 57.1. The Bertz CT molecular complexity index is 815. The van der Waals surface area contributed by atoms with Crippen molar-refractivity contribution in [1.29, 1.82) is 0 Å². The number of carbonyl (C=O) groups excluding carboxylic acids is 3. The van der Waals surface area contributed by atoms with Crippen molar-refractivity contribution >= 4 is 23.7 Å². The molecule has 12 heteroatoms. The lowest BCUT2D eigenvalue weighted by molar-refractivity contribution is -0.142. The van der Waals surface area contributed by atoms with Crippen LogP contribution in [0.3, 0.4) is 0 Å². The Morgan fingerprint density at radius 3 is 2.17 bits per heavy atom. The van der Waals surface area contributed by atoms with E-state index in [9.17, 15) is 24.3 Å². The molecular formula is C23H41N7O5. The summed E-state index contributed by atoms with van der Waals surface area (Å²) in [7, 11) is 0. The molecule has 0 saturated heterocycles. The number of unbranched alkanes of at least 4 members (excludes halogenated alkanes) is 1. The predicted octanol–water partition coefficient (Wildman–Crippen LogP) is -0.350. The number of hydrogen-bond donors (Lipinski definition) is 7. The fourth-order valence-corrected chi connectivity index (χ4v) is 3.46. The number of imidazole rings is 1. The summed E-state index contributed by atoms with van der Waals surface area (Å²) in [6.07, 6.45) is 5.40. The fourth-order valence-electron chi connectivity index (χ4n) is 3.46. The van der Waals surface area contributed by atoms with E-state index in [4.69, 9.17) is 11.5 Å². The average Bonchev–Trinajstić information content (AvgIpc) is 3.32. The normalized spacial score (nSPS) is 15.5. The monoisotopic (exact) mass is 495 g/mol. The number of nitrogens with two attached hydrogens (primary N) is 2. The van der Waals surface area contributed by atoms with Crippen molar-refractivity contribution in [3.63, 3.8) is 0 Å². The van der Waals surface area contributed by atoms with E-state index >= 15 is 0 Å². The van der Waals surface area contributed by atoms with Gasteiger partial charge in [0, 0.05) is 18.3 Å². The highest BCUT2D eigenvalue weighted by Gasteiger charge is 2.33. The van der Waals surface area contributed by atoms with Gasteiger partial charge in [0.1, 0.15) is 18.1 Å². The fraction of sp³-hybridized carbons (Fsp3) is 0.696. The lowest BCUT2D eigenvalue weighted by Gasteiger charge is -2.29. The lowest BCUT2D eigenvalue weighted by atomic mass is 9.95. The van der Waals surface area contributed by atoms with Gasteiger partial charge in [-0.25, -0.2) is 9.78 Å². The minimum Gasteiger partial charge on any atom is -0.480 e. The van der Waals surface area contributed by atoms with Gasteiger partial charge < -0.3 is 37.5 Å². The van der Waals surface area contributed by atoms with Crippen molar-refractivity contribution in [1.82, 2.24) is 25.9 Å². The van der Waals surface area contributed by atoms with Gasteiger partial charge in [-0.1, -0.05) is 40.5 Å². The molecule has 12 nitrogen and oxygen atoms in total. The molecular weight excluding hydrogens is 454 g/mol. The van der Waals surface area contributed by atoms with Gasteiger partial charge in [0.15, 0.2) is 0 Å². The van der Waals surface area contributed by atoms with Crippen molar-refractivity contribution in [3.8, 4) is 0 Å². The molecule has 0 aliphatic rings. The molecule has 3 amide bonds. The van der Waals surface area contributed by atoms with E-state index < -0.39 is 47.9 Å². The summed E-state index contributed by atoms with van der Waals surface area (Å²) >= 11 is 0. The van der Waals surface area contributed by atoms with Gasteiger partial charge in [0.05, 0.1) is 12.4 Å². The first-order valence-corrected chi connectivity index (χ1v) is 12.1. The molecule has 1 aromatic heterocycles. The average molecular weight is 496 g/mol. The molecule has 1 heterocycles. The quantitative estimate of drug-likeness (QED) is 0.150. The van der Waals surface area contributed by atoms with E-state index in [0.29, 0.717) is 31.5 Å². The minimum atomic E-state index is -1.21. The van der Waals surface area contributed by atoms with Crippen molar-refractivity contribution in [3.05, 3.63) is 18.2 Å². The van der Waals surface area contributed by atoms with Crippen LogP contribution >= 0.6 is 0 Å². The Kier molecular flexibility index (Phi) is 13.0. The van der Waals surface area contributed by atoms with Crippen LogP contribution in [0.4, 0.5) is 0 Å². The summed E-state index contributed by atoms with van der Waals surface area (Å²) < 4.78 is 0. The number of aromatic nitrogens is 2. The number of carbonyl (C=O) groups is 4. The lowest BCUT2D eigenvalue weighted by Crippen LogP contribution is -2.59. The molecule has 0 fully saturated rings. The second kappa shape index (κ2) is 15.1. The summed E-state index contributed by atoms with van der Waals surface area (Å²) in [5, 5.41) is 17.5. The third-order valence-corrected chi connectivity index (χ3v) is 5.94. The summed E-state index contributed by atoms with van der Waals surface area (Å²) in [5.74, 6) is -3.39. The van der Waals surface area contributed by atoms with Crippen LogP contribution in [0.25, 0.3) is 0 Å². The van der Waals surface area contributed by atoms with E-state index in [1.54, 1.807) is 13.8 Å². The number of nitrogens with one attached hydrogen (secondary N) is 4. The van der Waals surface area contributed by atoms with Gasteiger partial charge in [-0.15, -0.1) is 0 Å². The number of amides is 3. The number of carboxylic acid groups (broad SMARTS) is 1. The molecule has 35 heavy (non-hydrogen) atoms. The zero-order chi connectivity index (χ0) is 26.5. The molecule has 0 aliphatic carbocycles. The molecule has 0 aromatic carbocycles. The summed E-state index contributed by atoms with van der Waals surface area (Å²) in [6.45, 7) is 7.69. The number of nitrogens with zero attached hydrogens (tertiary/aromatic N) is 1. The Morgan fingerprint density at radius 1 is 1.03 bits per heavy atom. The second-order valence-corrected chi connectivity index (χ2v) is 9.17. The molecule has 1 aromatic rings.